The van der Waals surface area contributed by atoms with Crippen molar-refractivity contribution in [1.82, 2.24) is 4.90 Å². The van der Waals surface area contributed by atoms with Crippen molar-refractivity contribution in [3.05, 3.63) is 81.4 Å². The number of rotatable bonds is 5. The summed E-state index contributed by atoms with van der Waals surface area (Å²) in [6, 6.07) is 12.7. The van der Waals surface area contributed by atoms with Gasteiger partial charge in [-0.1, -0.05) is 30.3 Å². The lowest BCUT2D eigenvalue weighted by Crippen LogP contribution is -2.32. The highest BCUT2D eigenvalue weighted by Crippen LogP contribution is 2.39. The van der Waals surface area contributed by atoms with Crippen LogP contribution in [0, 0.1) is 10.1 Å². The molecule has 3 rings (SSSR count). The van der Waals surface area contributed by atoms with E-state index in [1.807, 2.05) is 0 Å². The minimum atomic E-state index is -0.946. The van der Waals surface area contributed by atoms with Crippen molar-refractivity contribution >= 4 is 23.1 Å². The quantitative estimate of drug-likeness (QED) is 0.274. The van der Waals surface area contributed by atoms with Crippen LogP contribution in [0.2, 0.25) is 0 Å². The Labute approximate surface area is 154 Å². The van der Waals surface area contributed by atoms with Gasteiger partial charge in [-0.15, -0.1) is 0 Å². The fraction of sp³-hybridized carbons (Fsp3) is 0.158. The zero-order valence-corrected chi connectivity index (χ0v) is 14.1. The summed E-state index contributed by atoms with van der Waals surface area (Å²) in [5.41, 5.74) is 0.534. The maximum Gasteiger partial charge on any atom is 0.295 e. The van der Waals surface area contributed by atoms with Gasteiger partial charge in [0.2, 0.25) is 0 Å². The molecule has 2 N–H and O–H groups in total. The molecule has 1 saturated heterocycles. The topological polar surface area (TPSA) is 121 Å². The molecular weight excluding hydrogens is 352 g/mol. The van der Waals surface area contributed by atoms with Crippen LogP contribution in [-0.4, -0.2) is 44.9 Å². The molecule has 1 atom stereocenters. The van der Waals surface area contributed by atoms with Crippen LogP contribution in [0.5, 0.6) is 0 Å². The number of nitro groups is 1. The third kappa shape index (κ3) is 3.30. The average Bonchev–Trinajstić information content (AvgIpc) is 2.93. The molecule has 0 radical (unpaired) electrons. The lowest BCUT2D eigenvalue weighted by molar-refractivity contribution is -0.384. The lowest BCUT2D eigenvalue weighted by Gasteiger charge is -2.24. The number of nitro benzene ring substituents is 1. The summed E-state index contributed by atoms with van der Waals surface area (Å²) in [5, 5.41) is 30.8. The summed E-state index contributed by atoms with van der Waals surface area (Å²) in [7, 11) is 0. The number of hydrogen-bond acceptors (Lipinski definition) is 6. The fourth-order valence-electron chi connectivity index (χ4n) is 3.09. The number of ketones is 1. The number of benzene rings is 2. The van der Waals surface area contributed by atoms with Gasteiger partial charge in [0.25, 0.3) is 17.4 Å². The first-order valence-corrected chi connectivity index (χ1v) is 8.14. The van der Waals surface area contributed by atoms with E-state index in [0.717, 1.165) is 4.90 Å². The SMILES string of the molecule is O=C1C(=O)N(CCO)C(c2ccc([N+](=O)[O-])cc2)C1=C(O)c1ccccc1. The van der Waals surface area contributed by atoms with Crippen molar-refractivity contribution in [3.63, 3.8) is 0 Å². The number of carbonyl (C=O) groups excluding carboxylic acids is 2. The van der Waals surface area contributed by atoms with Crippen LogP contribution in [0.1, 0.15) is 17.2 Å². The third-order valence-electron chi connectivity index (χ3n) is 4.35. The van der Waals surface area contributed by atoms with Gasteiger partial charge in [-0.25, -0.2) is 0 Å². The van der Waals surface area contributed by atoms with E-state index in [1.54, 1.807) is 30.3 Å². The van der Waals surface area contributed by atoms with Gasteiger partial charge in [0, 0.05) is 24.2 Å². The molecule has 1 aliphatic heterocycles. The Morgan fingerprint density at radius 2 is 1.70 bits per heavy atom. The first-order chi connectivity index (χ1) is 13.0. The molecule has 0 aromatic heterocycles. The van der Waals surface area contributed by atoms with Crippen LogP contribution in [0.4, 0.5) is 5.69 Å². The summed E-state index contributed by atoms with van der Waals surface area (Å²) in [6.45, 7) is -0.486. The highest BCUT2D eigenvalue weighted by Gasteiger charge is 2.45. The van der Waals surface area contributed by atoms with Gasteiger partial charge in [0.15, 0.2) is 0 Å². The van der Waals surface area contributed by atoms with Gasteiger partial charge in [0.05, 0.1) is 23.1 Å². The molecule has 1 fully saturated rings. The molecule has 0 bridgehead atoms. The Morgan fingerprint density at radius 1 is 1.07 bits per heavy atom. The predicted octanol–water partition coefficient (Wildman–Crippen LogP) is 2.01. The standard InChI is InChI=1S/C19H16N2O6/c22-11-10-20-16(12-6-8-14(9-7-12)21(26)27)15(18(24)19(20)25)17(23)13-4-2-1-3-5-13/h1-9,16,22-23H,10-11H2. The molecule has 27 heavy (non-hydrogen) atoms. The molecular formula is C19H16N2O6. The third-order valence-corrected chi connectivity index (χ3v) is 4.35. The molecule has 0 spiro atoms. The van der Waals surface area contributed by atoms with Gasteiger partial charge >= 0.3 is 0 Å². The Kier molecular flexibility index (Phi) is 5.00. The molecule has 1 aliphatic rings. The maximum absolute atomic E-state index is 12.6. The summed E-state index contributed by atoms with van der Waals surface area (Å²) >= 11 is 0. The van der Waals surface area contributed by atoms with Crippen molar-refractivity contribution in [1.29, 1.82) is 0 Å². The van der Waals surface area contributed by atoms with E-state index in [4.69, 9.17) is 0 Å². The van der Waals surface area contributed by atoms with Crippen molar-refractivity contribution < 1.29 is 24.7 Å². The summed E-state index contributed by atoms with van der Waals surface area (Å²) in [5.74, 6) is -2.05. The molecule has 2 aromatic rings. The van der Waals surface area contributed by atoms with E-state index in [2.05, 4.69) is 0 Å². The molecule has 0 aliphatic carbocycles. The highest BCUT2D eigenvalue weighted by molar-refractivity contribution is 6.46. The number of likely N-dealkylation sites (tertiary alicyclic amines) is 1. The number of Topliss-reactive ketones (excluding diaryl/α,β-unsaturated/α-hetero) is 1. The Hall–Kier alpha value is -3.52. The number of non-ortho nitro benzene ring substituents is 1. The Bertz CT molecular complexity index is 921. The van der Waals surface area contributed by atoms with Gasteiger partial charge < -0.3 is 15.1 Å². The highest BCUT2D eigenvalue weighted by atomic mass is 16.6. The minimum Gasteiger partial charge on any atom is -0.507 e. The van der Waals surface area contributed by atoms with Gasteiger partial charge in [0.1, 0.15) is 5.76 Å². The van der Waals surface area contributed by atoms with Crippen LogP contribution in [-0.2, 0) is 9.59 Å². The minimum absolute atomic E-state index is 0.113. The summed E-state index contributed by atoms with van der Waals surface area (Å²) < 4.78 is 0. The van der Waals surface area contributed by atoms with Crippen LogP contribution >= 0.6 is 0 Å². The normalized spacial score (nSPS) is 18.7. The molecule has 8 nitrogen and oxygen atoms in total. The van der Waals surface area contributed by atoms with Crippen molar-refractivity contribution in [2.75, 3.05) is 13.2 Å². The number of aliphatic hydroxyl groups is 2. The van der Waals surface area contributed by atoms with Gasteiger partial charge in [-0.2, -0.15) is 0 Å². The number of aliphatic hydroxyl groups excluding tert-OH is 2. The van der Waals surface area contributed by atoms with E-state index in [9.17, 15) is 29.9 Å². The van der Waals surface area contributed by atoms with Crippen LogP contribution in [0.15, 0.2) is 60.2 Å². The molecule has 1 unspecified atom stereocenters. The fourth-order valence-corrected chi connectivity index (χ4v) is 3.09. The predicted molar refractivity (Wildman–Crippen MR) is 95.6 cm³/mol. The second-order valence-corrected chi connectivity index (χ2v) is 5.93. The van der Waals surface area contributed by atoms with Crippen LogP contribution in [0.25, 0.3) is 5.76 Å². The van der Waals surface area contributed by atoms with Crippen molar-refractivity contribution in [2.24, 2.45) is 0 Å². The zero-order valence-electron chi connectivity index (χ0n) is 14.1. The molecule has 0 saturated carbocycles. The first-order valence-electron chi connectivity index (χ1n) is 8.14. The molecule has 138 valence electrons. The number of carbonyl (C=O) groups is 2. The van der Waals surface area contributed by atoms with Crippen molar-refractivity contribution in [2.45, 2.75) is 6.04 Å². The molecule has 1 heterocycles. The van der Waals surface area contributed by atoms with Gasteiger partial charge in [-0.3, -0.25) is 19.7 Å². The Balaban J connectivity index is 2.16. The van der Waals surface area contributed by atoms with Crippen LogP contribution < -0.4 is 0 Å². The molecule has 8 heteroatoms. The smallest absolute Gasteiger partial charge is 0.295 e. The maximum atomic E-state index is 12.6. The van der Waals surface area contributed by atoms with E-state index in [-0.39, 0.29) is 30.2 Å². The Morgan fingerprint density at radius 3 is 2.26 bits per heavy atom. The number of β-amino-alcohol motifs (C(OH)–C–C–N with tert-alkyl or cyclic N) is 1. The second kappa shape index (κ2) is 7.38. The largest absolute Gasteiger partial charge is 0.507 e. The van der Waals surface area contributed by atoms with E-state index in [1.165, 1.54) is 24.3 Å². The van der Waals surface area contributed by atoms with Gasteiger partial charge in [-0.05, 0) is 17.7 Å². The molecule has 2 aromatic carbocycles. The van der Waals surface area contributed by atoms with E-state index >= 15 is 0 Å². The number of amides is 1. The van der Waals surface area contributed by atoms with E-state index < -0.39 is 22.7 Å². The second-order valence-electron chi connectivity index (χ2n) is 5.93. The van der Waals surface area contributed by atoms with E-state index in [0.29, 0.717) is 11.1 Å². The number of hydrogen-bond donors (Lipinski definition) is 2. The summed E-state index contributed by atoms with van der Waals surface area (Å²) in [4.78, 5) is 36.4. The van der Waals surface area contributed by atoms with Crippen molar-refractivity contribution in [3.8, 4) is 0 Å². The average molecular weight is 368 g/mol. The molecule has 1 amide bonds. The lowest BCUT2D eigenvalue weighted by atomic mass is 9.95. The van der Waals surface area contributed by atoms with Crippen LogP contribution in [0.3, 0.4) is 0 Å². The number of nitrogens with zero attached hydrogens (tertiary/aromatic N) is 2. The monoisotopic (exact) mass is 368 g/mol. The zero-order chi connectivity index (χ0) is 19.6. The summed E-state index contributed by atoms with van der Waals surface area (Å²) in [6.07, 6.45) is 0. The first kappa shape index (κ1) is 18.3.